The number of piperazine rings is 1. The lowest BCUT2D eigenvalue weighted by Gasteiger charge is -2.35. The Morgan fingerprint density at radius 3 is 2.59 bits per heavy atom. The fraction of sp³-hybridized carbons (Fsp3) is 0.458. The lowest BCUT2D eigenvalue weighted by Crippen LogP contribution is -2.44. The molecule has 0 aromatic heterocycles. The number of rotatable bonds is 3. The van der Waals surface area contributed by atoms with Gasteiger partial charge in [-0.15, -0.1) is 0 Å². The van der Waals surface area contributed by atoms with Crippen molar-refractivity contribution in [3.05, 3.63) is 65.2 Å². The van der Waals surface area contributed by atoms with E-state index in [0.29, 0.717) is 12.5 Å². The van der Waals surface area contributed by atoms with Gasteiger partial charge in [0.1, 0.15) is 6.61 Å². The van der Waals surface area contributed by atoms with E-state index < -0.39 is 0 Å². The third-order valence-electron chi connectivity index (χ3n) is 6.78. The maximum atomic E-state index is 12.9. The quantitative estimate of drug-likeness (QED) is 0.792. The van der Waals surface area contributed by atoms with E-state index in [1.807, 2.05) is 35.2 Å². The standard InChI is InChI=1S/C24H29N3O2/c1-25-11-13-26(14-12-25)20-7-8-21-19-9-10-27(23(15-19)22(21)16-20)24(28)29-17-18-5-3-2-4-6-18/h2-8,16,19,23H,9-15,17H2,1H3/t19?,23-/m0/s1. The van der Waals surface area contributed by atoms with Crippen LogP contribution in [0.15, 0.2) is 48.5 Å². The zero-order valence-corrected chi connectivity index (χ0v) is 17.1. The highest BCUT2D eigenvalue weighted by Crippen LogP contribution is 2.50. The molecule has 0 N–H and O–H groups in total. The lowest BCUT2D eigenvalue weighted by atomic mass is 9.96. The molecule has 2 aliphatic heterocycles. The molecule has 2 heterocycles. The Morgan fingerprint density at radius 2 is 1.79 bits per heavy atom. The normalized spacial score (nSPS) is 23.8. The summed E-state index contributed by atoms with van der Waals surface area (Å²) in [6, 6.07) is 17.0. The van der Waals surface area contributed by atoms with Crippen molar-refractivity contribution in [2.75, 3.05) is 44.7 Å². The number of amides is 1. The fourth-order valence-electron chi connectivity index (χ4n) is 5.05. The first-order valence-corrected chi connectivity index (χ1v) is 10.7. The van der Waals surface area contributed by atoms with Crippen LogP contribution in [0, 0.1) is 0 Å². The molecule has 3 aliphatic rings. The molecule has 2 atom stereocenters. The molecular formula is C24H29N3O2. The van der Waals surface area contributed by atoms with Gasteiger partial charge in [0, 0.05) is 38.4 Å². The monoisotopic (exact) mass is 391 g/mol. The Morgan fingerprint density at radius 1 is 1.00 bits per heavy atom. The molecule has 5 heteroatoms. The lowest BCUT2D eigenvalue weighted by molar-refractivity contribution is 0.0694. The van der Waals surface area contributed by atoms with Crippen LogP contribution in [0.2, 0.25) is 0 Å². The maximum absolute atomic E-state index is 12.9. The molecule has 0 saturated carbocycles. The predicted octanol–water partition coefficient (Wildman–Crippen LogP) is 4.01. The summed E-state index contributed by atoms with van der Waals surface area (Å²) in [7, 11) is 2.18. The van der Waals surface area contributed by atoms with Crippen LogP contribution in [-0.4, -0.2) is 55.7 Å². The number of carbonyl (C=O) groups excluding carboxylic acids is 1. The van der Waals surface area contributed by atoms with Crippen LogP contribution < -0.4 is 4.90 Å². The number of carbonyl (C=O) groups is 1. The Bertz CT molecular complexity index is 877. The van der Waals surface area contributed by atoms with Gasteiger partial charge in [-0.1, -0.05) is 36.4 Å². The Hall–Kier alpha value is -2.53. The van der Waals surface area contributed by atoms with Gasteiger partial charge < -0.3 is 19.4 Å². The van der Waals surface area contributed by atoms with Crippen molar-refractivity contribution >= 4 is 11.8 Å². The zero-order chi connectivity index (χ0) is 19.8. The number of benzene rings is 2. The topological polar surface area (TPSA) is 36.0 Å². The van der Waals surface area contributed by atoms with Gasteiger partial charge in [0.15, 0.2) is 0 Å². The molecule has 1 unspecified atom stereocenters. The maximum Gasteiger partial charge on any atom is 0.410 e. The highest BCUT2D eigenvalue weighted by Gasteiger charge is 2.41. The Balaban J connectivity index is 1.32. The van der Waals surface area contributed by atoms with Crippen molar-refractivity contribution in [3.8, 4) is 0 Å². The molecule has 152 valence electrons. The van der Waals surface area contributed by atoms with E-state index in [2.05, 4.69) is 35.0 Å². The molecule has 29 heavy (non-hydrogen) atoms. The molecule has 1 aliphatic carbocycles. The third kappa shape index (κ3) is 3.60. The van der Waals surface area contributed by atoms with Gasteiger partial charge in [-0.2, -0.15) is 0 Å². The number of fused-ring (bicyclic) bond motifs is 5. The molecule has 0 spiro atoms. The molecule has 5 nitrogen and oxygen atoms in total. The number of likely N-dealkylation sites (tertiary alicyclic amines) is 1. The summed E-state index contributed by atoms with van der Waals surface area (Å²) in [6.45, 7) is 5.43. The number of likely N-dealkylation sites (N-methyl/N-ethyl adjacent to an activating group) is 1. The van der Waals surface area contributed by atoms with Crippen LogP contribution in [0.25, 0.3) is 0 Å². The minimum Gasteiger partial charge on any atom is -0.445 e. The van der Waals surface area contributed by atoms with E-state index in [1.165, 1.54) is 16.8 Å². The number of ether oxygens (including phenoxy) is 1. The van der Waals surface area contributed by atoms with Crippen molar-refractivity contribution in [2.24, 2.45) is 0 Å². The van der Waals surface area contributed by atoms with Crippen LogP contribution in [-0.2, 0) is 11.3 Å². The number of nitrogens with zero attached hydrogens (tertiary/aromatic N) is 3. The van der Waals surface area contributed by atoms with Crippen molar-refractivity contribution in [1.29, 1.82) is 0 Å². The summed E-state index contributed by atoms with van der Waals surface area (Å²) in [4.78, 5) is 19.7. The van der Waals surface area contributed by atoms with Crippen LogP contribution in [0.3, 0.4) is 0 Å². The largest absolute Gasteiger partial charge is 0.445 e. The zero-order valence-electron chi connectivity index (χ0n) is 17.1. The van der Waals surface area contributed by atoms with Crippen molar-refractivity contribution < 1.29 is 9.53 Å². The van der Waals surface area contributed by atoms with E-state index in [0.717, 1.165) is 51.1 Å². The summed E-state index contributed by atoms with van der Waals surface area (Å²) < 4.78 is 5.66. The van der Waals surface area contributed by atoms with Gasteiger partial charge in [-0.25, -0.2) is 4.79 Å². The summed E-state index contributed by atoms with van der Waals surface area (Å²) in [5, 5.41) is 0. The highest BCUT2D eigenvalue weighted by molar-refractivity contribution is 5.70. The first kappa shape index (κ1) is 18.5. The van der Waals surface area contributed by atoms with E-state index >= 15 is 0 Å². The van der Waals surface area contributed by atoms with Gasteiger partial charge in [0.25, 0.3) is 0 Å². The predicted molar refractivity (Wildman–Crippen MR) is 114 cm³/mol. The van der Waals surface area contributed by atoms with Crippen LogP contribution in [0.4, 0.5) is 10.5 Å². The highest BCUT2D eigenvalue weighted by atomic mass is 16.6. The molecule has 1 amide bonds. The van der Waals surface area contributed by atoms with E-state index in [4.69, 9.17) is 4.74 Å². The fourth-order valence-corrected chi connectivity index (χ4v) is 5.05. The molecule has 2 fully saturated rings. The van der Waals surface area contributed by atoms with Crippen molar-refractivity contribution in [2.45, 2.75) is 31.4 Å². The van der Waals surface area contributed by atoms with Crippen molar-refractivity contribution in [1.82, 2.24) is 9.80 Å². The first-order chi connectivity index (χ1) is 14.2. The van der Waals surface area contributed by atoms with Gasteiger partial charge in [0.2, 0.25) is 0 Å². The molecule has 0 radical (unpaired) electrons. The second-order valence-electron chi connectivity index (χ2n) is 8.57. The average molecular weight is 392 g/mol. The smallest absolute Gasteiger partial charge is 0.410 e. The minimum absolute atomic E-state index is 0.152. The molecule has 2 bridgehead atoms. The molecule has 5 rings (SSSR count). The van der Waals surface area contributed by atoms with Crippen LogP contribution >= 0.6 is 0 Å². The van der Waals surface area contributed by atoms with E-state index in [1.54, 1.807) is 0 Å². The average Bonchev–Trinajstić information content (AvgIpc) is 3.05. The van der Waals surface area contributed by atoms with E-state index in [-0.39, 0.29) is 12.1 Å². The van der Waals surface area contributed by atoms with Crippen LogP contribution in [0.5, 0.6) is 0 Å². The van der Waals surface area contributed by atoms with Gasteiger partial charge >= 0.3 is 6.09 Å². The molecule has 2 saturated heterocycles. The van der Waals surface area contributed by atoms with Gasteiger partial charge in [-0.05, 0) is 54.6 Å². The summed E-state index contributed by atoms with van der Waals surface area (Å²) in [5.74, 6) is 0.578. The van der Waals surface area contributed by atoms with Crippen molar-refractivity contribution in [3.63, 3.8) is 0 Å². The number of anilines is 1. The number of hydrogen-bond acceptors (Lipinski definition) is 4. The number of piperidine rings is 1. The Labute approximate surface area is 172 Å². The molecular weight excluding hydrogens is 362 g/mol. The molecule has 2 aromatic carbocycles. The third-order valence-corrected chi connectivity index (χ3v) is 6.78. The summed E-state index contributed by atoms with van der Waals surface area (Å²) in [5.41, 5.74) is 5.09. The Kier molecular flexibility index (Phi) is 4.92. The van der Waals surface area contributed by atoms with Gasteiger partial charge in [-0.3, -0.25) is 0 Å². The second kappa shape index (κ2) is 7.71. The SMILES string of the molecule is CN1CCN(c2ccc3c(c2)[C@@H]2CC3CCN2C(=O)OCc2ccccc2)CC1. The number of hydrogen-bond donors (Lipinski definition) is 0. The molecule has 2 aromatic rings. The minimum atomic E-state index is -0.185. The van der Waals surface area contributed by atoms with E-state index in [9.17, 15) is 4.79 Å². The summed E-state index contributed by atoms with van der Waals surface area (Å²) >= 11 is 0. The van der Waals surface area contributed by atoms with Crippen LogP contribution in [0.1, 0.15) is 41.5 Å². The first-order valence-electron chi connectivity index (χ1n) is 10.7. The second-order valence-corrected chi connectivity index (χ2v) is 8.57. The summed E-state index contributed by atoms with van der Waals surface area (Å²) in [6.07, 6.45) is 1.87. The van der Waals surface area contributed by atoms with Gasteiger partial charge in [0.05, 0.1) is 6.04 Å².